The van der Waals surface area contributed by atoms with Crippen LogP contribution in [0, 0.1) is 0 Å². The third-order valence-electron chi connectivity index (χ3n) is 2.94. The molecular weight excluding hydrogens is 239 g/mol. The molecule has 0 saturated heterocycles. The molecule has 2 rings (SSSR count). The Balaban J connectivity index is 2.38. The quantitative estimate of drug-likeness (QED) is 0.749. The van der Waals surface area contributed by atoms with Crippen molar-refractivity contribution in [3.8, 4) is 0 Å². The molecule has 0 aliphatic heterocycles. The van der Waals surface area contributed by atoms with Gasteiger partial charge in [-0.25, -0.2) is 0 Å². The van der Waals surface area contributed by atoms with Crippen molar-refractivity contribution in [2.45, 2.75) is 26.2 Å². The van der Waals surface area contributed by atoms with E-state index in [2.05, 4.69) is 32.9 Å². The molecule has 2 aromatic rings. The van der Waals surface area contributed by atoms with E-state index in [0.717, 1.165) is 10.6 Å². The summed E-state index contributed by atoms with van der Waals surface area (Å²) in [5.41, 5.74) is 1.31. The van der Waals surface area contributed by atoms with Crippen molar-refractivity contribution in [1.29, 1.82) is 0 Å². The van der Waals surface area contributed by atoms with E-state index in [-0.39, 0.29) is 5.41 Å². The summed E-state index contributed by atoms with van der Waals surface area (Å²) in [4.78, 5) is 0. The van der Waals surface area contributed by atoms with Crippen LogP contribution in [0.15, 0.2) is 54.6 Å². The van der Waals surface area contributed by atoms with Gasteiger partial charge in [-0.15, -0.1) is 0 Å². The van der Waals surface area contributed by atoms with Crippen LogP contribution >= 0.6 is 7.80 Å². The lowest BCUT2D eigenvalue weighted by atomic mass is 9.87. The summed E-state index contributed by atoms with van der Waals surface area (Å²) < 4.78 is 12.5. The van der Waals surface area contributed by atoms with Crippen LogP contribution < -0.4 is 10.6 Å². The highest BCUT2D eigenvalue weighted by Gasteiger charge is 2.15. The van der Waals surface area contributed by atoms with Crippen molar-refractivity contribution in [3.63, 3.8) is 0 Å². The van der Waals surface area contributed by atoms with Gasteiger partial charge in [-0.2, -0.15) is 0 Å². The standard InChI is InChI=1S/C16H18OP/c1-16(2,3)13-8-7-11-15(12-13)18(17)14-9-5-4-6-10-14/h4-12H,1-3H3. The maximum absolute atomic E-state index is 12.5. The molecule has 0 aliphatic rings. The minimum atomic E-state index is -1.48. The highest BCUT2D eigenvalue weighted by molar-refractivity contribution is 7.61. The normalized spacial score (nSPS) is 12.3. The largest absolute Gasteiger partial charge is 0.277 e. The Hall–Kier alpha value is -1.46. The molecule has 18 heavy (non-hydrogen) atoms. The molecule has 0 heterocycles. The molecule has 93 valence electrons. The summed E-state index contributed by atoms with van der Waals surface area (Å²) in [5, 5.41) is 1.79. The Labute approximate surface area is 110 Å². The number of hydrogen-bond acceptors (Lipinski definition) is 1. The zero-order chi connectivity index (χ0) is 13.2. The zero-order valence-electron chi connectivity index (χ0n) is 11.1. The van der Waals surface area contributed by atoms with Gasteiger partial charge in [-0.3, -0.25) is 4.57 Å². The monoisotopic (exact) mass is 257 g/mol. The van der Waals surface area contributed by atoms with Crippen molar-refractivity contribution >= 4 is 18.4 Å². The van der Waals surface area contributed by atoms with Gasteiger partial charge in [0.2, 0.25) is 0 Å². The first-order valence-corrected chi connectivity index (χ1v) is 7.37. The highest BCUT2D eigenvalue weighted by Crippen LogP contribution is 2.25. The molecule has 0 bridgehead atoms. The maximum atomic E-state index is 12.5. The summed E-state index contributed by atoms with van der Waals surface area (Å²) in [6.07, 6.45) is 0. The summed E-state index contributed by atoms with van der Waals surface area (Å²) >= 11 is 0. The van der Waals surface area contributed by atoms with Crippen LogP contribution in [0.2, 0.25) is 0 Å². The highest BCUT2D eigenvalue weighted by atomic mass is 31.1. The van der Waals surface area contributed by atoms with Crippen molar-refractivity contribution in [1.82, 2.24) is 0 Å². The molecule has 2 heteroatoms. The average Bonchev–Trinajstić information content (AvgIpc) is 2.38. The van der Waals surface area contributed by atoms with E-state index in [4.69, 9.17) is 0 Å². The Morgan fingerprint density at radius 1 is 0.833 bits per heavy atom. The summed E-state index contributed by atoms with van der Waals surface area (Å²) in [6, 6.07) is 17.7. The maximum Gasteiger partial charge on any atom is 0.136 e. The molecule has 1 nitrogen and oxygen atoms in total. The van der Waals surface area contributed by atoms with Crippen molar-refractivity contribution in [3.05, 3.63) is 60.2 Å². The molecule has 1 radical (unpaired) electrons. The SMILES string of the molecule is CC(C)(C)c1cccc([P](=O)c2ccccc2)c1. The van der Waals surface area contributed by atoms with E-state index in [0.29, 0.717) is 0 Å². The van der Waals surface area contributed by atoms with Gasteiger partial charge in [0.1, 0.15) is 7.80 Å². The van der Waals surface area contributed by atoms with Crippen LogP contribution in [0.3, 0.4) is 0 Å². The summed E-state index contributed by atoms with van der Waals surface area (Å²) in [6.45, 7) is 6.51. The van der Waals surface area contributed by atoms with Gasteiger partial charge < -0.3 is 0 Å². The molecule has 0 spiro atoms. The molecule has 0 saturated carbocycles. The van der Waals surface area contributed by atoms with Crippen LogP contribution in [-0.2, 0) is 9.98 Å². The van der Waals surface area contributed by atoms with Crippen LogP contribution in [-0.4, -0.2) is 0 Å². The minimum absolute atomic E-state index is 0.0862. The fourth-order valence-electron chi connectivity index (χ4n) is 1.81. The fraction of sp³-hybridized carbons (Fsp3) is 0.250. The molecule has 1 unspecified atom stereocenters. The lowest BCUT2D eigenvalue weighted by Crippen LogP contribution is -2.15. The van der Waals surface area contributed by atoms with Crippen molar-refractivity contribution < 1.29 is 4.57 Å². The van der Waals surface area contributed by atoms with E-state index in [1.54, 1.807) is 0 Å². The summed E-state index contributed by atoms with van der Waals surface area (Å²) in [7, 11) is -1.48. The zero-order valence-corrected chi connectivity index (χ0v) is 11.9. The third kappa shape index (κ3) is 2.86. The predicted octanol–water partition coefficient (Wildman–Crippen LogP) is 3.76. The second-order valence-electron chi connectivity index (χ2n) is 5.43. The lowest BCUT2D eigenvalue weighted by Gasteiger charge is -2.19. The second-order valence-corrected chi connectivity index (χ2v) is 7.05. The summed E-state index contributed by atoms with van der Waals surface area (Å²) in [5.74, 6) is 0. The molecule has 0 aliphatic carbocycles. The second kappa shape index (κ2) is 5.04. The van der Waals surface area contributed by atoms with Gasteiger partial charge in [0.05, 0.1) is 0 Å². The van der Waals surface area contributed by atoms with Gasteiger partial charge in [-0.1, -0.05) is 51.1 Å². The van der Waals surface area contributed by atoms with E-state index in [1.165, 1.54) is 5.56 Å². The van der Waals surface area contributed by atoms with Gasteiger partial charge >= 0.3 is 0 Å². The Kier molecular flexibility index (Phi) is 3.63. The van der Waals surface area contributed by atoms with Crippen molar-refractivity contribution in [2.75, 3.05) is 0 Å². The van der Waals surface area contributed by atoms with Gasteiger partial charge in [0, 0.05) is 10.6 Å². The smallest absolute Gasteiger partial charge is 0.136 e. The first-order chi connectivity index (χ1) is 8.48. The van der Waals surface area contributed by atoms with E-state index < -0.39 is 7.80 Å². The van der Waals surface area contributed by atoms with Gasteiger partial charge in [0.15, 0.2) is 0 Å². The minimum Gasteiger partial charge on any atom is -0.277 e. The van der Waals surface area contributed by atoms with Gasteiger partial charge in [0.25, 0.3) is 0 Å². The predicted molar refractivity (Wildman–Crippen MR) is 78.5 cm³/mol. The molecule has 1 atom stereocenters. The molecule has 0 fully saturated rings. The molecular formula is C16H18OP. The third-order valence-corrected chi connectivity index (χ3v) is 4.45. The van der Waals surface area contributed by atoms with E-state index >= 15 is 0 Å². The van der Waals surface area contributed by atoms with Crippen LogP contribution in [0.5, 0.6) is 0 Å². The van der Waals surface area contributed by atoms with Gasteiger partial charge in [-0.05, 0) is 35.2 Å². The van der Waals surface area contributed by atoms with Crippen LogP contribution in [0.4, 0.5) is 0 Å². The Morgan fingerprint density at radius 2 is 1.44 bits per heavy atom. The molecule has 0 N–H and O–H groups in total. The Bertz CT molecular complexity index is 553. The molecule has 0 amide bonds. The van der Waals surface area contributed by atoms with E-state index in [1.807, 2.05) is 42.5 Å². The number of hydrogen-bond donors (Lipinski definition) is 0. The average molecular weight is 257 g/mol. The topological polar surface area (TPSA) is 17.1 Å². The number of benzene rings is 2. The van der Waals surface area contributed by atoms with E-state index in [9.17, 15) is 4.57 Å². The van der Waals surface area contributed by atoms with Crippen molar-refractivity contribution in [2.24, 2.45) is 0 Å². The number of rotatable bonds is 2. The molecule has 2 aromatic carbocycles. The Morgan fingerprint density at radius 3 is 2.06 bits per heavy atom. The fourth-order valence-corrected chi connectivity index (χ4v) is 3.03. The van der Waals surface area contributed by atoms with Crippen LogP contribution in [0.25, 0.3) is 0 Å². The molecule has 0 aromatic heterocycles. The van der Waals surface area contributed by atoms with Crippen LogP contribution in [0.1, 0.15) is 26.3 Å². The lowest BCUT2D eigenvalue weighted by molar-refractivity contribution is 0.590. The first-order valence-electron chi connectivity index (χ1n) is 6.11. The first kappa shape index (κ1) is 13.0.